The van der Waals surface area contributed by atoms with Gasteiger partial charge in [0.1, 0.15) is 4.90 Å². The molecular formula is C20H20Cl2N2O5S. The molecule has 0 unspecified atom stereocenters. The Bertz CT molecular complexity index is 1070. The first-order chi connectivity index (χ1) is 14.2. The highest BCUT2D eigenvalue weighted by Gasteiger charge is 2.32. The number of hydrogen-bond acceptors (Lipinski definition) is 5. The van der Waals surface area contributed by atoms with Crippen LogP contribution in [0.3, 0.4) is 0 Å². The molecule has 30 heavy (non-hydrogen) atoms. The lowest BCUT2D eigenvalue weighted by atomic mass is 10.1. The fourth-order valence-corrected chi connectivity index (χ4v) is 5.30. The Morgan fingerprint density at radius 3 is 2.30 bits per heavy atom. The number of carbonyl (C=O) groups is 2. The van der Waals surface area contributed by atoms with E-state index in [-0.39, 0.29) is 54.0 Å². The van der Waals surface area contributed by atoms with Gasteiger partial charge in [0, 0.05) is 31.2 Å². The molecule has 0 aromatic heterocycles. The highest BCUT2D eigenvalue weighted by Crippen LogP contribution is 2.27. The minimum absolute atomic E-state index is 0.0138. The molecule has 2 aromatic rings. The fraction of sp³-hybridized carbons (Fsp3) is 0.300. The second-order valence-electron chi connectivity index (χ2n) is 6.69. The topological polar surface area (TPSA) is 84.0 Å². The van der Waals surface area contributed by atoms with E-state index in [1.807, 2.05) is 6.07 Å². The summed E-state index contributed by atoms with van der Waals surface area (Å²) in [5, 5.41) is 0.534. The van der Waals surface area contributed by atoms with Crippen molar-refractivity contribution in [2.75, 3.05) is 33.3 Å². The monoisotopic (exact) mass is 470 g/mol. The molecule has 1 aliphatic heterocycles. The van der Waals surface area contributed by atoms with E-state index in [4.69, 9.17) is 23.2 Å². The fourth-order valence-electron chi connectivity index (χ4n) is 3.18. The average Bonchev–Trinajstić information content (AvgIpc) is 2.75. The number of esters is 1. The number of carbonyl (C=O) groups excluding carboxylic acids is 2. The summed E-state index contributed by atoms with van der Waals surface area (Å²) >= 11 is 12.2. The van der Waals surface area contributed by atoms with Crippen LogP contribution in [0.5, 0.6) is 0 Å². The number of amides is 1. The van der Waals surface area contributed by atoms with Crippen molar-refractivity contribution in [1.29, 1.82) is 0 Å². The van der Waals surface area contributed by atoms with Crippen LogP contribution in [0.1, 0.15) is 15.9 Å². The molecule has 0 radical (unpaired) electrons. The molecule has 0 N–H and O–H groups in total. The summed E-state index contributed by atoms with van der Waals surface area (Å²) in [7, 11) is -2.72. The number of ether oxygens (including phenoxy) is 1. The minimum Gasteiger partial charge on any atom is -0.465 e. The number of rotatable bonds is 5. The number of sulfonamides is 1. The summed E-state index contributed by atoms with van der Waals surface area (Å²) in [5.41, 5.74) is 0.819. The maximum Gasteiger partial charge on any atom is 0.337 e. The van der Waals surface area contributed by atoms with Crippen LogP contribution >= 0.6 is 23.2 Å². The zero-order valence-corrected chi connectivity index (χ0v) is 18.5. The Kier molecular flexibility index (Phi) is 7.02. The summed E-state index contributed by atoms with van der Waals surface area (Å²) in [6, 6.07) is 11.1. The van der Waals surface area contributed by atoms with Crippen molar-refractivity contribution in [3.8, 4) is 0 Å². The van der Waals surface area contributed by atoms with Gasteiger partial charge in [-0.05, 0) is 29.8 Å². The van der Waals surface area contributed by atoms with Crippen molar-refractivity contribution < 1.29 is 22.7 Å². The van der Waals surface area contributed by atoms with E-state index < -0.39 is 16.0 Å². The van der Waals surface area contributed by atoms with E-state index >= 15 is 0 Å². The lowest BCUT2D eigenvalue weighted by molar-refractivity contribution is -0.131. The third kappa shape index (κ3) is 4.78. The molecule has 0 atom stereocenters. The van der Waals surface area contributed by atoms with Crippen LogP contribution in [-0.4, -0.2) is 62.8 Å². The average molecular weight is 471 g/mol. The molecule has 1 fully saturated rings. The van der Waals surface area contributed by atoms with Crippen molar-refractivity contribution in [1.82, 2.24) is 9.21 Å². The summed E-state index contributed by atoms with van der Waals surface area (Å²) in [6.45, 7) is 0.735. The first kappa shape index (κ1) is 22.6. The zero-order chi connectivity index (χ0) is 21.9. The SMILES string of the molecule is COC(=O)c1ccc(Cl)c(S(=O)(=O)N2CCN(C(=O)Cc3ccccc3Cl)CC2)c1. The van der Waals surface area contributed by atoms with E-state index in [9.17, 15) is 18.0 Å². The third-order valence-electron chi connectivity index (χ3n) is 4.86. The lowest BCUT2D eigenvalue weighted by Gasteiger charge is -2.34. The maximum atomic E-state index is 13.1. The van der Waals surface area contributed by atoms with Crippen LogP contribution in [0.4, 0.5) is 0 Å². The number of hydrogen-bond donors (Lipinski definition) is 0. The summed E-state index contributed by atoms with van der Waals surface area (Å²) < 4.78 is 32.0. The second kappa shape index (κ2) is 9.34. The summed E-state index contributed by atoms with van der Waals surface area (Å²) in [5.74, 6) is -0.774. The van der Waals surface area contributed by atoms with E-state index in [0.717, 1.165) is 5.56 Å². The van der Waals surface area contributed by atoms with Crippen LogP contribution in [0.25, 0.3) is 0 Å². The standard InChI is InChI=1S/C20H20Cl2N2O5S/c1-29-20(26)15-6-7-17(22)18(12-15)30(27,28)24-10-8-23(9-11-24)19(25)13-14-4-2-3-5-16(14)21/h2-7,12H,8-11,13H2,1H3. The summed E-state index contributed by atoms with van der Waals surface area (Å²) in [6.07, 6.45) is 0.152. The van der Waals surface area contributed by atoms with Crippen LogP contribution in [0.2, 0.25) is 10.0 Å². The van der Waals surface area contributed by atoms with Crippen molar-refractivity contribution in [2.24, 2.45) is 0 Å². The smallest absolute Gasteiger partial charge is 0.337 e. The number of methoxy groups -OCH3 is 1. The maximum absolute atomic E-state index is 13.1. The number of nitrogens with zero attached hydrogens (tertiary/aromatic N) is 2. The van der Waals surface area contributed by atoms with Gasteiger partial charge in [-0.25, -0.2) is 13.2 Å². The van der Waals surface area contributed by atoms with Gasteiger partial charge >= 0.3 is 5.97 Å². The van der Waals surface area contributed by atoms with Gasteiger partial charge in [-0.1, -0.05) is 41.4 Å². The van der Waals surface area contributed by atoms with E-state index in [1.165, 1.54) is 29.6 Å². The highest BCUT2D eigenvalue weighted by molar-refractivity contribution is 7.89. The second-order valence-corrected chi connectivity index (χ2v) is 9.41. The van der Waals surface area contributed by atoms with E-state index in [1.54, 1.807) is 23.1 Å². The predicted octanol–water partition coefficient (Wildman–Crippen LogP) is 2.86. The molecule has 160 valence electrons. The number of benzene rings is 2. The Hall–Kier alpha value is -2.13. The van der Waals surface area contributed by atoms with Crippen molar-refractivity contribution >= 4 is 45.1 Å². The molecule has 1 amide bonds. The largest absolute Gasteiger partial charge is 0.465 e. The molecule has 3 rings (SSSR count). The molecule has 7 nitrogen and oxygen atoms in total. The normalized spacial score (nSPS) is 15.1. The molecule has 2 aromatic carbocycles. The molecule has 0 aliphatic carbocycles. The van der Waals surface area contributed by atoms with Gasteiger partial charge in [0.05, 0.1) is 24.1 Å². The molecule has 0 spiro atoms. The molecule has 10 heteroatoms. The van der Waals surface area contributed by atoms with Crippen molar-refractivity contribution in [2.45, 2.75) is 11.3 Å². The van der Waals surface area contributed by atoms with Crippen LogP contribution in [0.15, 0.2) is 47.4 Å². The molecule has 0 saturated carbocycles. The Morgan fingerprint density at radius 2 is 1.67 bits per heavy atom. The Labute approximate surface area is 185 Å². The molecule has 1 heterocycles. The Morgan fingerprint density at radius 1 is 1.00 bits per heavy atom. The first-order valence-corrected chi connectivity index (χ1v) is 11.3. The van der Waals surface area contributed by atoms with Gasteiger partial charge in [-0.2, -0.15) is 4.31 Å². The van der Waals surface area contributed by atoms with Gasteiger partial charge < -0.3 is 9.64 Å². The van der Waals surface area contributed by atoms with Gasteiger partial charge in [0.25, 0.3) is 0 Å². The predicted molar refractivity (Wildman–Crippen MR) is 113 cm³/mol. The van der Waals surface area contributed by atoms with Crippen molar-refractivity contribution in [3.05, 3.63) is 63.6 Å². The van der Waals surface area contributed by atoms with Crippen LogP contribution in [0, 0.1) is 0 Å². The van der Waals surface area contributed by atoms with Gasteiger partial charge in [-0.3, -0.25) is 4.79 Å². The zero-order valence-electron chi connectivity index (χ0n) is 16.2. The molecule has 1 aliphatic rings. The molecule has 0 bridgehead atoms. The van der Waals surface area contributed by atoms with Gasteiger partial charge in [0.2, 0.25) is 15.9 Å². The molecular weight excluding hydrogens is 451 g/mol. The lowest BCUT2D eigenvalue weighted by Crippen LogP contribution is -2.50. The van der Waals surface area contributed by atoms with E-state index in [2.05, 4.69) is 4.74 Å². The minimum atomic E-state index is -3.94. The Balaban J connectivity index is 1.70. The number of halogens is 2. The highest BCUT2D eigenvalue weighted by atomic mass is 35.5. The van der Waals surface area contributed by atoms with Crippen LogP contribution in [-0.2, 0) is 26.0 Å². The van der Waals surface area contributed by atoms with Gasteiger partial charge in [-0.15, -0.1) is 0 Å². The van der Waals surface area contributed by atoms with Crippen LogP contribution < -0.4 is 0 Å². The van der Waals surface area contributed by atoms with Gasteiger partial charge in [0.15, 0.2) is 0 Å². The number of piperazine rings is 1. The van der Waals surface area contributed by atoms with E-state index in [0.29, 0.717) is 5.02 Å². The third-order valence-corrected chi connectivity index (χ3v) is 7.61. The quantitative estimate of drug-likeness (QED) is 0.627. The first-order valence-electron chi connectivity index (χ1n) is 9.13. The van der Waals surface area contributed by atoms with Crippen molar-refractivity contribution in [3.63, 3.8) is 0 Å². The molecule has 1 saturated heterocycles. The summed E-state index contributed by atoms with van der Waals surface area (Å²) in [4.78, 5) is 25.8.